The Morgan fingerprint density at radius 2 is 2.11 bits per heavy atom. The SMILES string of the molecule is CCCCc1nnn(-c2ccccc2C(C)O)c1I. The Balaban J connectivity index is 2.40. The Bertz CT molecular complexity index is 551. The minimum Gasteiger partial charge on any atom is -0.389 e. The molecule has 0 aliphatic carbocycles. The smallest absolute Gasteiger partial charge is 0.128 e. The molecule has 1 aromatic carbocycles. The number of para-hydroxylation sites is 1. The van der Waals surface area contributed by atoms with Crippen LogP contribution in [-0.4, -0.2) is 20.1 Å². The number of nitrogens with zero attached hydrogens (tertiary/aromatic N) is 3. The van der Waals surface area contributed by atoms with Crippen molar-refractivity contribution in [3.63, 3.8) is 0 Å². The molecule has 0 radical (unpaired) electrons. The van der Waals surface area contributed by atoms with Crippen LogP contribution in [0.2, 0.25) is 0 Å². The summed E-state index contributed by atoms with van der Waals surface area (Å²) in [5, 5.41) is 18.3. The predicted molar refractivity (Wildman–Crippen MR) is 83.3 cm³/mol. The molecule has 1 heterocycles. The third-order valence-corrected chi connectivity index (χ3v) is 4.14. The van der Waals surface area contributed by atoms with Gasteiger partial charge in [0.15, 0.2) is 0 Å². The lowest BCUT2D eigenvalue weighted by Gasteiger charge is -2.11. The second-order valence-corrected chi connectivity index (χ2v) is 5.60. The molecule has 0 saturated heterocycles. The van der Waals surface area contributed by atoms with Crippen molar-refractivity contribution in [3.05, 3.63) is 39.2 Å². The van der Waals surface area contributed by atoms with E-state index in [4.69, 9.17) is 0 Å². The molecule has 0 bridgehead atoms. The number of aromatic nitrogens is 3. The molecule has 102 valence electrons. The average molecular weight is 371 g/mol. The third-order valence-electron chi connectivity index (χ3n) is 3.06. The van der Waals surface area contributed by atoms with E-state index >= 15 is 0 Å². The van der Waals surface area contributed by atoms with Gasteiger partial charge in [0.25, 0.3) is 0 Å². The van der Waals surface area contributed by atoms with Crippen LogP contribution in [0.25, 0.3) is 5.69 Å². The van der Waals surface area contributed by atoms with Gasteiger partial charge in [-0.1, -0.05) is 36.8 Å². The number of rotatable bonds is 5. The van der Waals surface area contributed by atoms with E-state index < -0.39 is 6.10 Å². The normalized spacial score (nSPS) is 12.6. The molecule has 0 fully saturated rings. The lowest BCUT2D eigenvalue weighted by atomic mass is 10.1. The van der Waals surface area contributed by atoms with Crippen LogP contribution in [0.5, 0.6) is 0 Å². The topological polar surface area (TPSA) is 50.9 Å². The van der Waals surface area contributed by atoms with Crippen molar-refractivity contribution in [2.75, 3.05) is 0 Å². The van der Waals surface area contributed by atoms with E-state index in [0.29, 0.717) is 0 Å². The highest BCUT2D eigenvalue weighted by molar-refractivity contribution is 14.1. The molecule has 0 saturated carbocycles. The molecule has 1 unspecified atom stereocenters. The van der Waals surface area contributed by atoms with Crippen LogP contribution in [-0.2, 0) is 6.42 Å². The van der Waals surface area contributed by atoms with Crippen molar-refractivity contribution in [1.29, 1.82) is 0 Å². The number of hydrogen-bond donors (Lipinski definition) is 1. The van der Waals surface area contributed by atoms with Crippen LogP contribution in [0.15, 0.2) is 24.3 Å². The van der Waals surface area contributed by atoms with Gasteiger partial charge in [0, 0.05) is 5.56 Å². The van der Waals surface area contributed by atoms with Crippen LogP contribution in [0.3, 0.4) is 0 Å². The number of benzene rings is 1. The quantitative estimate of drug-likeness (QED) is 0.821. The molecule has 4 nitrogen and oxygen atoms in total. The second kappa shape index (κ2) is 6.47. The van der Waals surface area contributed by atoms with Gasteiger partial charge in [0.2, 0.25) is 0 Å². The predicted octanol–water partition coefficient (Wildman–Crippen LogP) is 3.27. The summed E-state index contributed by atoms with van der Waals surface area (Å²) >= 11 is 2.28. The van der Waals surface area contributed by atoms with Gasteiger partial charge < -0.3 is 5.11 Å². The van der Waals surface area contributed by atoms with Crippen LogP contribution in [0, 0.1) is 3.70 Å². The van der Waals surface area contributed by atoms with Gasteiger partial charge in [-0.05, 0) is 48.4 Å². The van der Waals surface area contributed by atoms with Crippen molar-refractivity contribution < 1.29 is 5.11 Å². The van der Waals surface area contributed by atoms with Crippen molar-refractivity contribution in [1.82, 2.24) is 15.0 Å². The lowest BCUT2D eigenvalue weighted by molar-refractivity contribution is 0.199. The number of unbranched alkanes of at least 4 members (excludes halogenated alkanes) is 1. The van der Waals surface area contributed by atoms with Crippen LogP contribution in [0.1, 0.15) is 44.1 Å². The minimum absolute atomic E-state index is 0.518. The van der Waals surface area contributed by atoms with Crippen LogP contribution >= 0.6 is 22.6 Å². The van der Waals surface area contributed by atoms with Crippen molar-refractivity contribution in [3.8, 4) is 5.69 Å². The minimum atomic E-state index is -0.518. The first-order chi connectivity index (χ1) is 9.15. The monoisotopic (exact) mass is 371 g/mol. The third kappa shape index (κ3) is 3.14. The van der Waals surface area contributed by atoms with E-state index in [1.54, 1.807) is 6.92 Å². The standard InChI is InChI=1S/C14H18IN3O/c1-3-4-8-12-14(15)18(17-16-12)13-9-6-5-7-11(13)10(2)19/h5-7,9-10,19H,3-4,8H2,1-2H3. The molecule has 0 aliphatic rings. The largest absolute Gasteiger partial charge is 0.389 e. The summed E-state index contributed by atoms with van der Waals surface area (Å²) < 4.78 is 2.84. The number of aryl methyl sites for hydroxylation is 1. The number of aliphatic hydroxyl groups excluding tert-OH is 1. The maximum absolute atomic E-state index is 9.84. The Morgan fingerprint density at radius 3 is 2.79 bits per heavy atom. The molecule has 1 N–H and O–H groups in total. The van der Waals surface area contributed by atoms with E-state index in [2.05, 4.69) is 39.8 Å². The van der Waals surface area contributed by atoms with E-state index in [-0.39, 0.29) is 0 Å². The van der Waals surface area contributed by atoms with Gasteiger partial charge >= 0.3 is 0 Å². The summed E-state index contributed by atoms with van der Waals surface area (Å²) in [6.07, 6.45) is 2.70. The summed E-state index contributed by atoms with van der Waals surface area (Å²) in [6, 6.07) is 7.75. The molecule has 2 rings (SSSR count). The van der Waals surface area contributed by atoms with Gasteiger partial charge in [-0.3, -0.25) is 0 Å². The Kier molecular flexibility index (Phi) is 4.93. The van der Waals surface area contributed by atoms with E-state index in [1.165, 1.54) is 0 Å². The summed E-state index contributed by atoms with van der Waals surface area (Å²) in [5.74, 6) is 0. The maximum atomic E-state index is 9.84. The first-order valence-corrected chi connectivity index (χ1v) is 7.60. The second-order valence-electron chi connectivity index (χ2n) is 4.58. The summed E-state index contributed by atoms with van der Waals surface area (Å²) in [4.78, 5) is 0. The number of aliphatic hydroxyl groups is 1. The fourth-order valence-corrected chi connectivity index (χ4v) is 2.72. The van der Waals surface area contributed by atoms with E-state index in [1.807, 2.05) is 28.9 Å². The maximum Gasteiger partial charge on any atom is 0.128 e. The highest BCUT2D eigenvalue weighted by atomic mass is 127. The highest BCUT2D eigenvalue weighted by Gasteiger charge is 2.15. The van der Waals surface area contributed by atoms with Crippen molar-refractivity contribution in [2.24, 2.45) is 0 Å². The first kappa shape index (κ1) is 14.5. The first-order valence-electron chi connectivity index (χ1n) is 6.52. The number of hydrogen-bond acceptors (Lipinski definition) is 3. The molecule has 0 amide bonds. The van der Waals surface area contributed by atoms with Crippen molar-refractivity contribution in [2.45, 2.75) is 39.2 Å². The molecular weight excluding hydrogens is 353 g/mol. The fraction of sp³-hybridized carbons (Fsp3) is 0.429. The molecule has 5 heteroatoms. The molecule has 2 aromatic rings. The van der Waals surface area contributed by atoms with E-state index in [9.17, 15) is 5.11 Å². The zero-order valence-corrected chi connectivity index (χ0v) is 13.3. The van der Waals surface area contributed by atoms with Gasteiger partial charge in [0.1, 0.15) is 3.70 Å². The molecule has 1 aromatic heterocycles. The molecular formula is C14H18IN3O. The zero-order chi connectivity index (χ0) is 13.8. The Labute approximate surface area is 127 Å². The van der Waals surface area contributed by atoms with E-state index in [0.717, 1.165) is 39.9 Å². The zero-order valence-electron chi connectivity index (χ0n) is 11.2. The van der Waals surface area contributed by atoms with Crippen LogP contribution in [0.4, 0.5) is 0 Å². The van der Waals surface area contributed by atoms with Crippen LogP contribution < -0.4 is 0 Å². The highest BCUT2D eigenvalue weighted by Crippen LogP contribution is 2.24. The molecule has 19 heavy (non-hydrogen) atoms. The summed E-state index contributed by atoms with van der Waals surface area (Å²) in [7, 11) is 0. The Hall–Kier alpha value is -0.950. The number of halogens is 1. The summed E-state index contributed by atoms with van der Waals surface area (Å²) in [6.45, 7) is 3.93. The van der Waals surface area contributed by atoms with Gasteiger partial charge in [0.05, 0.1) is 17.5 Å². The summed E-state index contributed by atoms with van der Waals surface area (Å²) in [5.41, 5.74) is 2.80. The fourth-order valence-electron chi connectivity index (χ4n) is 1.99. The average Bonchev–Trinajstić information content (AvgIpc) is 2.77. The molecule has 0 spiro atoms. The molecule has 0 aliphatic heterocycles. The van der Waals surface area contributed by atoms with Gasteiger partial charge in [-0.25, -0.2) is 4.68 Å². The molecule has 1 atom stereocenters. The Morgan fingerprint density at radius 1 is 1.37 bits per heavy atom. The lowest BCUT2D eigenvalue weighted by Crippen LogP contribution is -2.05. The van der Waals surface area contributed by atoms with Gasteiger partial charge in [-0.2, -0.15) is 0 Å². The van der Waals surface area contributed by atoms with Crippen molar-refractivity contribution >= 4 is 22.6 Å². The van der Waals surface area contributed by atoms with Gasteiger partial charge in [-0.15, -0.1) is 5.10 Å².